The van der Waals surface area contributed by atoms with Crippen LogP contribution in [-0.4, -0.2) is 6.18 Å². The molecular weight excluding hydrogens is 189 g/mol. The van der Waals surface area contributed by atoms with Crippen molar-refractivity contribution in [2.45, 2.75) is 32.4 Å². The molecule has 0 fully saturated rings. The molecule has 1 aliphatic carbocycles. The van der Waals surface area contributed by atoms with Crippen molar-refractivity contribution in [2.75, 3.05) is 0 Å². The minimum Gasteiger partial charge on any atom is -0.166 e. The van der Waals surface area contributed by atoms with Crippen LogP contribution in [0.25, 0.3) is 0 Å². The zero-order chi connectivity index (χ0) is 10.6. The topological polar surface area (TPSA) is 0 Å². The number of rotatable bonds is 0. The SMILES string of the molecule is C/C1=C/C=C(C(F)(F)F)\C=C/CCC1. The normalized spacial score (nSPS) is 28.9. The van der Waals surface area contributed by atoms with Gasteiger partial charge in [0.2, 0.25) is 0 Å². The smallest absolute Gasteiger partial charge is 0.166 e. The predicted octanol–water partition coefficient (Wildman–Crippen LogP) is 4.16. The Kier molecular flexibility index (Phi) is 3.55. The van der Waals surface area contributed by atoms with Crippen LogP contribution in [-0.2, 0) is 0 Å². The molecule has 0 amide bonds. The van der Waals surface area contributed by atoms with E-state index in [0.717, 1.165) is 30.6 Å². The number of alkyl halides is 3. The number of halogens is 3. The molecule has 0 aromatic carbocycles. The molecule has 0 saturated carbocycles. The van der Waals surface area contributed by atoms with E-state index in [2.05, 4.69) is 0 Å². The highest BCUT2D eigenvalue weighted by molar-refractivity contribution is 5.30. The molecule has 0 atom stereocenters. The summed E-state index contributed by atoms with van der Waals surface area (Å²) in [5.41, 5.74) is 0.425. The Bertz CT molecular complexity index is 279. The lowest BCUT2D eigenvalue weighted by atomic mass is 10.1. The van der Waals surface area contributed by atoms with Gasteiger partial charge in [0.25, 0.3) is 0 Å². The van der Waals surface area contributed by atoms with Crippen LogP contribution in [0.4, 0.5) is 13.2 Å². The van der Waals surface area contributed by atoms with Crippen LogP contribution in [0.1, 0.15) is 26.2 Å². The van der Waals surface area contributed by atoms with Crippen LogP contribution >= 0.6 is 0 Å². The zero-order valence-corrected chi connectivity index (χ0v) is 8.06. The molecule has 0 aliphatic heterocycles. The van der Waals surface area contributed by atoms with Gasteiger partial charge in [-0.15, -0.1) is 0 Å². The van der Waals surface area contributed by atoms with Crippen molar-refractivity contribution >= 4 is 0 Å². The quantitative estimate of drug-likeness (QED) is 0.553. The van der Waals surface area contributed by atoms with Gasteiger partial charge in [-0.05, 0) is 26.2 Å². The molecule has 78 valence electrons. The zero-order valence-electron chi connectivity index (χ0n) is 8.06. The van der Waals surface area contributed by atoms with E-state index in [-0.39, 0.29) is 0 Å². The van der Waals surface area contributed by atoms with E-state index in [1.54, 1.807) is 12.2 Å². The highest BCUT2D eigenvalue weighted by Crippen LogP contribution is 2.27. The van der Waals surface area contributed by atoms with E-state index in [9.17, 15) is 13.2 Å². The molecule has 0 unspecified atom stereocenters. The third-order valence-corrected chi connectivity index (χ3v) is 2.11. The number of hydrogen-bond acceptors (Lipinski definition) is 0. The molecule has 0 aromatic heterocycles. The monoisotopic (exact) mass is 202 g/mol. The van der Waals surface area contributed by atoms with Crippen LogP contribution in [0, 0.1) is 0 Å². The molecule has 1 rings (SSSR count). The van der Waals surface area contributed by atoms with Gasteiger partial charge in [0, 0.05) is 0 Å². The third kappa shape index (κ3) is 3.40. The lowest BCUT2D eigenvalue weighted by Crippen LogP contribution is -2.09. The second-order valence-corrected chi connectivity index (χ2v) is 3.43. The fourth-order valence-corrected chi connectivity index (χ4v) is 1.27. The van der Waals surface area contributed by atoms with Gasteiger partial charge < -0.3 is 0 Å². The minimum absolute atomic E-state index is 0.571. The van der Waals surface area contributed by atoms with Crippen molar-refractivity contribution in [1.82, 2.24) is 0 Å². The summed E-state index contributed by atoms with van der Waals surface area (Å²) in [6.45, 7) is 1.86. The molecular formula is C11H13F3. The van der Waals surface area contributed by atoms with Crippen LogP contribution < -0.4 is 0 Å². The van der Waals surface area contributed by atoms with Crippen molar-refractivity contribution < 1.29 is 13.2 Å². The highest BCUT2D eigenvalue weighted by Gasteiger charge is 2.31. The Morgan fingerprint density at radius 2 is 1.93 bits per heavy atom. The highest BCUT2D eigenvalue weighted by atomic mass is 19.4. The van der Waals surface area contributed by atoms with Crippen LogP contribution in [0.3, 0.4) is 0 Å². The van der Waals surface area contributed by atoms with Gasteiger partial charge in [-0.2, -0.15) is 13.2 Å². The van der Waals surface area contributed by atoms with E-state index in [0.29, 0.717) is 6.42 Å². The lowest BCUT2D eigenvalue weighted by Gasteiger charge is -2.05. The summed E-state index contributed by atoms with van der Waals surface area (Å²) in [5.74, 6) is 0. The van der Waals surface area contributed by atoms with Gasteiger partial charge in [-0.3, -0.25) is 0 Å². The van der Waals surface area contributed by atoms with Crippen molar-refractivity contribution in [3.8, 4) is 0 Å². The Hall–Kier alpha value is -0.990. The third-order valence-electron chi connectivity index (χ3n) is 2.11. The minimum atomic E-state index is -4.24. The first-order valence-corrected chi connectivity index (χ1v) is 4.61. The van der Waals surface area contributed by atoms with Crippen molar-refractivity contribution in [3.05, 3.63) is 35.5 Å². The van der Waals surface area contributed by atoms with Gasteiger partial charge in [0.1, 0.15) is 0 Å². The van der Waals surface area contributed by atoms with E-state index in [4.69, 9.17) is 0 Å². The Morgan fingerprint density at radius 1 is 1.21 bits per heavy atom. The second kappa shape index (κ2) is 4.49. The summed E-state index contributed by atoms with van der Waals surface area (Å²) in [6, 6.07) is 0. The average molecular weight is 202 g/mol. The van der Waals surface area contributed by atoms with Gasteiger partial charge in [0.15, 0.2) is 0 Å². The largest absolute Gasteiger partial charge is 0.416 e. The van der Waals surface area contributed by atoms with E-state index < -0.39 is 11.7 Å². The molecule has 0 spiro atoms. The maximum absolute atomic E-state index is 12.4. The Labute approximate surface area is 81.8 Å². The molecule has 14 heavy (non-hydrogen) atoms. The Morgan fingerprint density at radius 3 is 2.57 bits per heavy atom. The first-order valence-electron chi connectivity index (χ1n) is 4.61. The van der Waals surface area contributed by atoms with E-state index in [1.807, 2.05) is 6.92 Å². The molecule has 0 bridgehead atoms. The second-order valence-electron chi connectivity index (χ2n) is 3.43. The van der Waals surface area contributed by atoms with Crippen LogP contribution in [0.2, 0.25) is 0 Å². The van der Waals surface area contributed by atoms with Crippen LogP contribution in [0.15, 0.2) is 35.5 Å². The van der Waals surface area contributed by atoms with Gasteiger partial charge in [-0.1, -0.05) is 29.9 Å². The standard InChI is InChI=1S/C11H13F3/c1-9-5-3-2-4-6-10(8-7-9)11(12,13)14/h4,6-8H,2-3,5H2,1H3/b6-4-,9-7-,10-8+. The predicted molar refractivity (Wildman–Crippen MR) is 50.9 cm³/mol. The van der Waals surface area contributed by atoms with Crippen molar-refractivity contribution in [1.29, 1.82) is 0 Å². The molecule has 0 heterocycles. The van der Waals surface area contributed by atoms with Crippen LogP contribution in [0.5, 0.6) is 0 Å². The first kappa shape index (κ1) is 11.1. The molecule has 0 aromatic rings. The molecule has 0 saturated heterocycles. The van der Waals surface area contributed by atoms with Crippen molar-refractivity contribution in [2.24, 2.45) is 0 Å². The van der Waals surface area contributed by atoms with Gasteiger partial charge in [0.05, 0.1) is 5.57 Å². The summed E-state index contributed by atoms with van der Waals surface area (Å²) >= 11 is 0. The van der Waals surface area contributed by atoms with E-state index >= 15 is 0 Å². The van der Waals surface area contributed by atoms with Gasteiger partial charge >= 0.3 is 6.18 Å². The average Bonchev–Trinajstić information content (AvgIpc) is 2.15. The Balaban J connectivity index is 2.94. The summed E-state index contributed by atoms with van der Waals surface area (Å²) in [5, 5.41) is 0. The fourth-order valence-electron chi connectivity index (χ4n) is 1.27. The molecule has 0 N–H and O–H groups in total. The summed E-state index contributed by atoms with van der Waals surface area (Å²) in [6.07, 6.45) is 3.70. The molecule has 1 aliphatic rings. The maximum atomic E-state index is 12.4. The number of allylic oxidation sites excluding steroid dienone is 6. The lowest BCUT2D eigenvalue weighted by molar-refractivity contribution is -0.0881. The molecule has 0 nitrogen and oxygen atoms in total. The van der Waals surface area contributed by atoms with Crippen molar-refractivity contribution in [3.63, 3.8) is 0 Å². The maximum Gasteiger partial charge on any atom is 0.416 e. The summed E-state index contributed by atoms with van der Waals surface area (Å²) < 4.78 is 37.1. The first-order chi connectivity index (χ1) is 6.50. The van der Waals surface area contributed by atoms with E-state index in [1.165, 1.54) is 0 Å². The molecule has 3 heteroatoms. The fraction of sp³-hybridized carbons (Fsp3) is 0.455. The van der Waals surface area contributed by atoms with Gasteiger partial charge in [-0.25, -0.2) is 0 Å². The summed E-state index contributed by atoms with van der Waals surface area (Å²) in [4.78, 5) is 0. The number of hydrogen-bond donors (Lipinski definition) is 0. The summed E-state index contributed by atoms with van der Waals surface area (Å²) in [7, 11) is 0. The molecule has 0 radical (unpaired) electrons.